The number of carbonyl (C=O) groups excluding carboxylic acids is 1. The Labute approximate surface area is 126 Å². The molecule has 21 heavy (non-hydrogen) atoms. The molecule has 1 heterocycles. The number of hydrogen-bond donors (Lipinski definition) is 2. The van der Waals surface area contributed by atoms with Gasteiger partial charge in [0.05, 0.1) is 5.92 Å². The first-order chi connectivity index (χ1) is 9.48. The van der Waals surface area contributed by atoms with Crippen molar-refractivity contribution in [2.24, 2.45) is 16.7 Å². The average Bonchev–Trinajstić information content (AvgIpc) is 2.66. The lowest BCUT2D eigenvalue weighted by molar-refractivity contribution is -0.156. The first-order valence-electron chi connectivity index (χ1n) is 7.30. The maximum atomic E-state index is 12.5. The van der Waals surface area contributed by atoms with Gasteiger partial charge in [0.2, 0.25) is 11.8 Å². The van der Waals surface area contributed by atoms with E-state index in [0.29, 0.717) is 6.42 Å². The van der Waals surface area contributed by atoms with E-state index < -0.39 is 5.97 Å². The van der Waals surface area contributed by atoms with Crippen LogP contribution in [-0.4, -0.2) is 20.9 Å². The van der Waals surface area contributed by atoms with Crippen LogP contribution in [0.25, 0.3) is 0 Å². The second-order valence-corrected chi connectivity index (χ2v) is 7.41. The first kappa shape index (κ1) is 17.4. The highest BCUT2D eigenvalue weighted by molar-refractivity contribution is 5.74. The standard InChI is InChI=1S/C16H27NO4/c1-7-16(5,6)11(10-15(2,3)4)14(20)21-17-12(18)8-9-13(17)19/h8-9,11,18-19H,7,10H2,1-6H3. The molecule has 0 fully saturated rings. The maximum Gasteiger partial charge on any atom is 0.336 e. The Morgan fingerprint density at radius 1 is 1.19 bits per heavy atom. The zero-order valence-corrected chi connectivity index (χ0v) is 13.8. The lowest BCUT2D eigenvalue weighted by atomic mass is 9.70. The summed E-state index contributed by atoms with van der Waals surface area (Å²) in [6.07, 6.45) is 1.49. The Morgan fingerprint density at radius 3 is 2.05 bits per heavy atom. The zero-order chi connectivity index (χ0) is 16.4. The molecule has 0 spiro atoms. The van der Waals surface area contributed by atoms with E-state index >= 15 is 0 Å². The average molecular weight is 297 g/mol. The van der Waals surface area contributed by atoms with Crippen LogP contribution < -0.4 is 4.84 Å². The molecule has 1 atom stereocenters. The number of rotatable bonds is 5. The molecule has 0 amide bonds. The molecule has 0 saturated carbocycles. The molecule has 1 aromatic rings. The van der Waals surface area contributed by atoms with Crippen molar-refractivity contribution in [2.45, 2.75) is 54.4 Å². The Kier molecular flexibility index (Phi) is 4.97. The van der Waals surface area contributed by atoms with Gasteiger partial charge < -0.3 is 15.1 Å². The predicted molar refractivity (Wildman–Crippen MR) is 81.0 cm³/mol. The van der Waals surface area contributed by atoms with Crippen molar-refractivity contribution >= 4 is 5.97 Å². The highest BCUT2D eigenvalue weighted by Gasteiger charge is 2.38. The molecule has 0 saturated heterocycles. The van der Waals surface area contributed by atoms with Crippen LogP contribution in [-0.2, 0) is 4.79 Å². The first-order valence-corrected chi connectivity index (χ1v) is 7.30. The van der Waals surface area contributed by atoms with Gasteiger partial charge in [-0.2, -0.15) is 0 Å². The lowest BCUT2D eigenvalue weighted by Crippen LogP contribution is -2.38. The Balaban J connectivity index is 3.01. The highest BCUT2D eigenvalue weighted by Crippen LogP contribution is 2.39. The molecule has 1 rings (SSSR count). The Bertz CT molecular complexity index is 477. The van der Waals surface area contributed by atoms with E-state index in [4.69, 9.17) is 4.84 Å². The molecule has 5 heteroatoms. The molecule has 0 aliphatic rings. The van der Waals surface area contributed by atoms with Gasteiger partial charge in [-0.15, -0.1) is 4.73 Å². The third-order valence-electron chi connectivity index (χ3n) is 3.93. The van der Waals surface area contributed by atoms with Crippen molar-refractivity contribution in [1.29, 1.82) is 0 Å². The fraction of sp³-hybridized carbons (Fsp3) is 0.688. The molecule has 2 N–H and O–H groups in total. The minimum atomic E-state index is -0.446. The summed E-state index contributed by atoms with van der Waals surface area (Å²) in [5.74, 6) is -1.38. The topological polar surface area (TPSA) is 71.7 Å². The van der Waals surface area contributed by atoms with Gasteiger partial charge in [-0.3, -0.25) is 0 Å². The summed E-state index contributed by atoms with van der Waals surface area (Å²) in [5.41, 5.74) is -0.264. The van der Waals surface area contributed by atoms with Crippen molar-refractivity contribution < 1.29 is 19.8 Å². The smallest absolute Gasteiger partial charge is 0.336 e. The minimum absolute atomic E-state index is 0.0308. The quantitative estimate of drug-likeness (QED) is 0.874. The van der Waals surface area contributed by atoms with E-state index in [-0.39, 0.29) is 28.5 Å². The van der Waals surface area contributed by atoms with Crippen LogP contribution in [0.5, 0.6) is 11.8 Å². The minimum Gasteiger partial charge on any atom is -0.492 e. The summed E-state index contributed by atoms with van der Waals surface area (Å²) >= 11 is 0. The number of hydrogen-bond acceptors (Lipinski definition) is 4. The predicted octanol–water partition coefficient (Wildman–Crippen LogP) is 3.34. The number of nitrogens with zero attached hydrogens (tertiary/aromatic N) is 1. The van der Waals surface area contributed by atoms with Gasteiger partial charge in [0.25, 0.3) is 0 Å². The second kappa shape index (κ2) is 6.00. The van der Waals surface area contributed by atoms with E-state index in [9.17, 15) is 15.0 Å². The molecule has 0 aliphatic heterocycles. The fourth-order valence-corrected chi connectivity index (χ4v) is 2.19. The molecule has 0 aromatic carbocycles. The molecule has 0 aliphatic carbocycles. The third-order valence-corrected chi connectivity index (χ3v) is 3.93. The van der Waals surface area contributed by atoms with Crippen molar-refractivity contribution in [3.8, 4) is 11.8 Å². The second-order valence-electron chi connectivity index (χ2n) is 7.41. The van der Waals surface area contributed by atoms with Crippen molar-refractivity contribution in [2.75, 3.05) is 0 Å². The summed E-state index contributed by atoms with van der Waals surface area (Å²) in [6, 6.07) is 2.54. The van der Waals surface area contributed by atoms with Crippen LogP contribution in [0.1, 0.15) is 54.4 Å². The van der Waals surface area contributed by atoms with Crippen molar-refractivity contribution in [1.82, 2.24) is 4.73 Å². The van der Waals surface area contributed by atoms with E-state index in [1.54, 1.807) is 0 Å². The van der Waals surface area contributed by atoms with Crippen LogP contribution in [0.2, 0.25) is 0 Å². The van der Waals surface area contributed by atoms with Crippen LogP contribution in [0.3, 0.4) is 0 Å². The number of aromatic nitrogens is 1. The van der Waals surface area contributed by atoms with Gasteiger partial charge in [-0.05, 0) is 17.3 Å². The Morgan fingerprint density at radius 2 is 1.67 bits per heavy atom. The summed E-state index contributed by atoms with van der Waals surface area (Å²) in [6.45, 7) is 12.3. The van der Waals surface area contributed by atoms with Gasteiger partial charge in [-0.25, -0.2) is 4.79 Å². The van der Waals surface area contributed by atoms with Gasteiger partial charge in [0.1, 0.15) is 0 Å². The van der Waals surface area contributed by atoms with E-state index in [1.807, 2.05) is 20.8 Å². The molecule has 120 valence electrons. The van der Waals surface area contributed by atoms with Crippen LogP contribution in [0, 0.1) is 16.7 Å². The van der Waals surface area contributed by atoms with Gasteiger partial charge in [0, 0.05) is 12.1 Å². The molecule has 0 radical (unpaired) electrons. The van der Waals surface area contributed by atoms with Crippen molar-refractivity contribution in [3.05, 3.63) is 12.1 Å². The normalized spacial score (nSPS) is 14.0. The third kappa shape index (κ3) is 4.41. The summed E-state index contributed by atoms with van der Waals surface area (Å²) in [4.78, 5) is 17.7. The van der Waals surface area contributed by atoms with E-state index in [2.05, 4.69) is 20.8 Å². The fourth-order valence-electron chi connectivity index (χ4n) is 2.19. The summed E-state index contributed by atoms with van der Waals surface area (Å²) in [5, 5.41) is 19.2. The van der Waals surface area contributed by atoms with Crippen LogP contribution in [0.15, 0.2) is 12.1 Å². The molecule has 0 bridgehead atoms. The van der Waals surface area contributed by atoms with Crippen LogP contribution >= 0.6 is 0 Å². The molecular formula is C16H27NO4. The largest absolute Gasteiger partial charge is 0.492 e. The molecule has 1 unspecified atom stereocenters. The monoisotopic (exact) mass is 297 g/mol. The molecular weight excluding hydrogens is 270 g/mol. The Hall–Kier alpha value is -1.65. The van der Waals surface area contributed by atoms with E-state index in [1.165, 1.54) is 12.1 Å². The van der Waals surface area contributed by atoms with E-state index in [0.717, 1.165) is 11.2 Å². The number of carbonyl (C=O) groups is 1. The van der Waals surface area contributed by atoms with Crippen molar-refractivity contribution in [3.63, 3.8) is 0 Å². The van der Waals surface area contributed by atoms with Gasteiger partial charge in [0.15, 0.2) is 0 Å². The highest BCUT2D eigenvalue weighted by atomic mass is 16.7. The molecule has 5 nitrogen and oxygen atoms in total. The van der Waals surface area contributed by atoms with Crippen LogP contribution in [0.4, 0.5) is 0 Å². The van der Waals surface area contributed by atoms with Gasteiger partial charge >= 0.3 is 5.97 Å². The lowest BCUT2D eigenvalue weighted by Gasteiger charge is -2.35. The zero-order valence-electron chi connectivity index (χ0n) is 13.8. The summed E-state index contributed by atoms with van der Waals surface area (Å²) in [7, 11) is 0. The van der Waals surface area contributed by atoms with Gasteiger partial charge in [-0.1, -0.05) is 48.0 Å². The molecule has 1 aromatic heterocycles. The summed E-state index contributed by atoms with van der Waals surface area (Å²) < 4.78 is 0.754. The number of aromatic hydroxyl groups is 2. The SMILES string of the molecule is CCC(C)(C)C(CC(C)(C)C)C(=O)On1c(O)ccc1O. The maximum absolute atomic E-state index is 12.5.